The van der Waals surface area contributed by atoms with Crippen molar-refractivity contribution in [3.05, 3.63) is 41.9 Å². The molecule has 0 radical (unpaired) electrons. The third kappa shape index (κ3) is 2.74. The molecule has 0 amide bonds. The molecule has 90 valence electrons. The molecule has 6 nitrogen and oxygen atoms in total. The van der Waals surface area contributed by atoms with Crippen molar-refractivity contribution in [3.63, 3.8) is 0 Å². The predicted molar refractivity (Wildman–Crippen MR) is 58.5 cm³/mol. The van der Waals surface area contributed by atoms with E-state index in [-0.39, 0.29) is 5.88 Å². The molecule has 0 saturated carbocycles. The number of aryl methyl sites for hydroxylation is 1. The molecule has 1 heterocycles. The second kappa shape index (κ2) is 4.86. The van der Waals surface area contributed by atoms with Crippen molar-refractivity contribution in [2.75, 3.05) is 7.11 Å². The van der Waals surface area contributed by atoms with E-state index in [1.165, 1.54) is 12.7 Å². The van der Waals surface area contributed by atoms with Gasteiger partial charge in [0.1, 0.15) is 0 Å². The number of methoxy groups -OCH3 is 1. The first kappa shape index (κ1) is 11.4. The lowest BCUT2D eigenvalue weighted by Crippen LogP contribution is -3.08. The maximum Gasteiger partial charge on any atom is 0.301 e. The van der Waals surface area contributed by atoms with Crippen LogP contribution in [0.5, 0.6) is 0 Å². The Bertz CT molecular complexity index is 454. The fourth-order valence-corrected chi connectivity index (χ4v) is 1.36. The quantitative estimate of drug-likeness (QED) is 0.516. The van der Waals surface area contributed by atoms with Crippen LogP contribution in [0.25, 0.3) is 0 Å². The number of nitrogens with one attached hydrogen (secondary N) is 2. The summed E-state index contributed by atoms with van der Waals surface area (Å²) in [5, 5.41) is 11.7. The van der Waals surface area contributed by atoms with Gasteiger partial charge >= 0.3 is 5.88 Å². The number of rotatable bonds is 2. The summed E-state index contributed by atoms with van der Waals surface area (Å²) in [4.78, 5) is 8.61. The Morgan fingerprint density at radius 3 is 2.76 bits per heavy atom. The van der Waals surface area contributed by atoms with Gasteiger partial charge in [-0.1, -0.05) is 17.7 Å². The van der Waals surface area contributed by atoms with Gasteiger partial charge in [0.05, 0.1) is 0 Å². The van der Waals surface area contributed by atoms with Crippen molar-refractivity contribution in [3.8, 4) is 0 Å². The van der Waals surface area contributed by atoms with Gasteiger partial charge in [-0.3, -0.25) is 0 Å². The summed E-state index contributed by atoms with van der Waals surface area (Å²) >= 11 is 0. The Morgan fingerprint density at radius 2 is 2.12 bits per heavy atom. The molecule has 2 N–H and O–H groups in total. The van der Waals surface area contributed by atoms with E-state index >= 15 is 0 Å². The number of quaternary nitrogens is 1. The first-order chi connectivity index (χ1) is 8.19. The molecule has 0 aromatic heterocycles. The van der Waals surface area contributed by atoms with Gasteiger partial charge in [-0.05, 0) is 14.0 Å². The average molecular weight is 235 g/mol. The topological polar surface area (TPSA) is 70.3 Å². The Kier molecular flexibility index (Phi) is 3.27. The molecule has 1 aliphatic rings. The van der Waals surface area contributed by atoms with E-state index in [0.717, 1.165) is 10.7 Å². The molecule has 6 heteroatoms. The fourth-order valence-electron chi connectivity index (χ4n) is 1.36. The summed E-state index contributed by atoms with van der Waals surface area (Å²) < 4.78 is 4.41. The van der Waals surface area contributed by atoms with Crippen molar-refractivity contribution in [1.29, 1.82) is 0 Å². The van der Waals surface area contributed by atoms with Gasteiger partial charge in [-0.25, -0.2) is 0 Å². The van der Waals surface area contributed by atoms with E-state index in [1.807, 2.05) is 31.2 Å². The molecule has 1 aromatic carbocycles. The van der Waals surface area contributed by atoms with Crippen LogP contribution in [0.1, 0.15) is 5.56 Å². The van der Waals surface area contributed by atoms with Crippen LogP contribution in [0.2, 0.25) is 0 Å². The van der Waals surface area contributed by atoms with Gasteiger partial charge in [0.15, 0.2) is 18.0 Å². The van der Waals surface area contributed by atoms with Gasteiger partial charge in [0.25, 0.3) is 0 Å². The maximum atomic E-state index is 10.9. The highest BCUT2D eigenvalue weighted by atomic mass is 16.7. The van der Waals surface area contributed by atoms with E-state index in [4.69, 9.17) is 4.84 Å². The van der Waals surface area contributed by atoms with Gasteiger partial charge in [0.2, 0.25) is 0 Å². The fraction of sp³-hybridized carbons (Fsp3) is 0.182. The van der Waals surface area contributed by atoms with E-state index in [0.29, 0.717) is 0 Å². The van der Waals surface area contributed by atoms with E-state index in [9.17, 15) is 5.11 Å². The zero-order valence-electron chi connectivity index (χ0n) is 9.56. The molecule has 0 aliphatic carbocycles. The average Bonchev–Trinajstić information content (AvgIpc) is 2.78. The number of hydrogen-bond donors (Lipinski definition) is 2. The minimum absolute atomic E-state index is 0.187. The van der Waals surface area contributed by atoms with Crippen molar-refractivity contribution in [1.82, 2.24) is 5.59 Å². The highest BCUT2D eigenvalue weighted by Gasteiger charge is 2.20. The molecule has 0 bridgehead atoms. The monoisotopic (exact) mass is 235 g/mol. The maximum absolute atomic E-state index is 10.9. The normalized spacial score (nSPS) is 19.8. The Balaban J connectivity index is 2.13. The van der Waals surface area contributed by atoms with Crippen molar-refractivity contribution in [2.45, 2.75) is 6.92 Å². The lowest BCUT2D eigenvalue weighted by atomic mass is 10.2. The number of aliphatic imine (C=N–C) groups is 1. The van der Waals surface area contributed by atoms with Crippen LogP contribution in [0.3, 0.4) is 0 Å². The second-order valence-electron chi connectivity index (χ2n) is 3.55. The lowest BCUT2D eigenvalue weighted by molar-refractivity contribution is -0.847. The van der Waals surface area contributed by atoms with Gasteiger partial charge in [-0.2, -0.15) is 10.0 Å². The van der Waals surface area contributed by atoms with Gasteiger partial charge in [-0.15, -0.1) is 0 Å². The van der Waals surface area contributed by atoms with E-state index in [1.54, 1.807) is 6.20 Å². The minimum atomic E-state index is -0.691. The van der Waals surface area contributed by atoms with Crippen LogP contribution >= 0.6 is 0 Å². The van der Waals surface area contributed by atoms with Crippen LogP contribution in [0.4, 0.5) is 5.69 Å². The molecule has 1 aromatic rings. The molecule has 1 aliphatic heterocycles. The first-order valence-electron chi connectivity index (χ1n) is 5.07. The highest BCUT2D eigenvalue weighted by molar-refractivity contribution is 5.62. The lowest BCUT2D eigenvalue weighted by Gasteiger charge is -2.06. The van der Waals surface area contributed by atoms with Crippen LogP contribution in [-0.2, 0) is 9.57 Å². The van der Waals surface area contributed by atoms with Gasteiger partial charge in [0, 0.05) is 17.7 Å². The summed E-state index contributed by atoms with van der Waals surface area (Å²) in [6.07, 6.45) is 0.949. The largest absolute Gasteiger partial charge is 0.603 e. The van der Waals surface area contributed by atoms with E-state index in [2.05, 4.69) is 15.3 Å². The van der Waals surface area contributed by atoms with Crippen LogP contribution in [0.15, 0.2) is 41.3 Å². The molecule has 17 heavy (non-hydrogen) atoms. The zero-order valence-corrected chi connectivity index (χ0v) is 9.56. The van der Waals surface area contributed by atoms with Gasteiger partial charge < -0.3 is 14.7 Å². The van der Waals surface area contributed by atoms with Crippen LogP contribution in [0, 0.1) is 6.92 Å². The third-order valence-corrected chi connectivity index (χ3v) is 2.27. The van der Waals surface area contributed by atoms with Crippen molar-refractivity contribution in [2.24, 2.45) is 4.99 Å². The predicted octanol–water partition coefficient (Wildman–Crippen LogP) is -0.877. The smallest absolute Gasteiger partial charge is 0.301 e. The minimum Gasteiger partial charge on any atom is -0.603 e. The molecule has 1 unspecified atom stereocenters. The standard InChI is InChI=1S/C11H13N3O3/c1-8-3-5-9(6-4-8)14-7-10(17-13-14)12-11(15)16-2/h3-7,13H,1-2H3,(H,12,15). The molecular weight excluding hydrogens is 222 g/mol. The highest BCUT2D eigenvalue weighted by Crippen LogP contribution is 2.06. The summed E-state index contributed by atoms with van der Waals surface area (Å²) in [7, 11) is 1.26. The van der Waals surface area contributed by atoms with Crippen LogP contribution in [-0.4, -0.2) is 13.2 Å². The number of benzene rings is 1. The number of ether oxygens (including phenoxy) is 1. The van der Waals surface area contributed by atoms with Crippen molar-refractivity contribution >= 4 is 11.8 Å². The number of hydrogen-bond acceptors (Lipinski definition) is 5. The van der Waals surface area contributed by atoms with E-state index < -0.39 is 6.08 Å². The summed E-state index contributed by atoms with van der Waals surface area (Å²) in [6, 6.07) is 7.90. The number of nitrogens with zero attached hydrogens (tertiary/aromatic N) is 1. The zero-order chi connectivity index (χ0) is 12.3. The Hall–Kier alpha value is -2.05. The molecular formula is C11H13N3O3. The molecule has 0 saturated heterocycles. The summed E-state index contributed by atoms with van der Waals surface area (Å²) in [6.45, 7) is 2.01. The molecule has 0 spiro atoms. The molecule has 0 fully saturated rings. The second-order valence-corrected chi connectivity index (χ2v) is 3.55. The van der Waals surface area contributed by atoms with Crippen molar-refractivity contribution < 1.29 is 19.7 Å². The SMILES string of the molecule is CO/C([O-])=N/C1=C[NH+](c2ccc(C)cc2)NO1. The Morgan fingerprint density at radius 1 is 1.41 bits per heavy atom. The van der Waals surface area contributed by atoms with Crippen LogP contribution < -0.4 is 15.7 Å². The molecule has 1 atom stereocenters. The Labute approximate surface area is 98.7 Å². The third-order valence-electron chi connectivity index (χ3n) is 2.27. The summed E-state index contributed by atoms with van der Waals surface area (Å²) in [5.74, 6) is 0.187. The molecule has 2 rings (SSSR count). The first-order valence-corrected chi connectivity index (χ1v) is 5.07. The summed E-state index contributed by atoms with van der Waals surface area (Å²) in [5.41, 5.74) is 4.84.